The van der Waals surface area contributed by atoms with Crippen LogP contribution in [0.2, 0.25) is 0 Å². The highest BCUT2D eigenvalue weighted by Crippen LogP contribution is 2.13. The summed E-state index contributed by atoms with van der Waals surface area (Å²) in [6.45, 7) is 3.51. The van der Waals surface area contributed by atoms with Crippen LogP contribution in [0.5, 0.6) is 5.75 Å². The van der Waals surface area contributed by atoms with Gasteiger partial charge >= 0.3 is 5.97 Å². The highest BCUT2D eigenvalue weighted by molar-refractivity contribution is 5.71. The van der Waals surface area contributed by atoms with Crippen LogP contribution in [0.1, 0.15) is 12.5 Å². The number of carbonyl (C=O) groups is 1. The van der Waals surface area contributed by atoms with Crippen molar-refractivity contribution in [2.45, 2.75) is 19.4 Å². The van der Waals surface area contributed by atoms with E-state index in [4.69, 9.17) is 11.2 Å². The van der Waals surface area contributed by atoms with Crippen LogP contribution < -0.4 is 5.32 Å². The van der Waals surface area contributed by atoms with Crippen molar-refractivity contribution in [1.29, 1.82) is 0 Å². The Bertz CT molecular complexity index is 494. The predicted octanol–water partition coefficient (Wildman–Crippen LogP) is 1.02. The fraction of sp³-hybridized carbons (Fsp3) is 0.471. The SMILES string of the molecule is C#CCN(C)[C@H](CNCC(=O)OCC)Cc1ccc(O)cc1. The predicted molar refractivity (Wildman–Crippen MR) is 86.6 cm³/mol. The van der Waals surface area contributed by atoms with Crippen LogP contribution in [0.3, 0.4) is 0 Å². The molecule has 120 valence electrons. The van der Waals surface area contributed by atoms with Gasteiger partial charge in [0.1, 0.15) is 5.75 Å². The minimum Gasteiger partial charge on any atom is -0.508 e. The Kier molecular flexibility index (Phi) is 8.05. The molecular weight excluding hydrogens is 280 g/mol. The number of aromatic hydroxyl groups is 1. The molecular formula is C17H24N2O3. The van der Waals surface area contributed by atoms with E-state index in [1.165, 1.54) is 0 Å². The van der Waals surface area contributed by atoms with Gasteiger partial charge in [0.05, 0.1) is 19.7 Å². The second kappa shape index (κ2) is 9.82. The van der Waals surface area contributed by atoms with Crippen LogP contribution in [0.15, 0.2) is 24.3 Å². The summed E-state index contributed by atoms with van der Waals surface area (Å²) < 4.78 is 4.89. The Hall–Kier alpha value is -2.03. The molecule has 0 unspecified atom stereocenters. The molecule has 0 radical (unpaired) electrons. The van der Waals surface area contributed by atoms with E-state index in [2.05, 4.69) is 16.1 Å². The Morgan fingerprint density at radius 1 is 1.45 bits per heavy atom. The average molecular weight is 304 g/mol. The maximum atomic E-state index is 11.4. The lowest BCUT2D eigenvalue weighted by atomic mass is 10.0. The van der Waals surface area contributed by atoms with Crippen molar-refractivity contribution in [2.24, 2.45) is 0 Å². The highest BCUT2D eigenvalue weighted by atomic mass is 16.5. The van der Waals surface area contributed by atoms with Gasteiger partial charge < -0.3 is 15.2 Å². The van der Waals surface area contributed by atoms with E-state index >= 15 is 0 Å². The number of hydrogen-bond acceptors (Lipinski definition) is 5. The van der Waals surface area contributed by atoms with Gasteiger partial charge in [0.2, 0.25) is 0 Å². The lowest BCUT2D eigenvalue weighted by Crippen LogP contribution is -2.43. The van der Waals surface area contributed by atoms with Gasteiger partial charge in [0.15, 0.2) is 0 Å². The van der Waals surface area contributed by atoms with Gasteiger partial charge in [-0.2, -0.15) is 0 Å². The molecule has 0 aliphatic carbocycles. The fourth-order valence-electron chi connectivity index (χ4n) is 2.11. The van der Waals surface area contributed by atoms with Gasteiger partial charge in [-0.1, -0.05) is 18.1 Å². The average Bonchev–Trinajstić information content (AvgIpc) is 2.49. The van der Waals surface area contributed by atoms with Gasteiger partial charge in [-0.15, -0.1) is 6.42 Å². The van der Waals surface area contributed by atoms with Crippen molar-refractivity contribution in [1.82, 2.24) is 10.2 Å². The van der Waals surface area contributed by atoms with Crippen molar-refractivity contribution in [3.8, 4) is 18.1 Å². The monoisotopic (exact) mass is 304 g/mol. The first-order valence-corrected chi connectivity index (χ1v) is 7.34. The first-order chi connectivity index (χ1) is 10.6. The summed E-state index contributed by atoms with van der Waals surface area (Å²) in [5.74, 6) is 2.62. The molecule has 0 fully saturated rings. The zero-order chi connectivity index (χ0) is 16.4. The van der Waals surface area contributed by atoms with Crippen LogP contribution >= 0.6 is 0 Å². The summed E-state index contributed by atoms with van der Waals surface area (Å²) in [5.41, 5.74) is 1.10. The number of nitrogens with zero attached hydrogens (tertiary/aromatic N) is 1. The standard InChI is InChI=1S/C17H24N2O3/c1-4-10-19(3)15(12-18-13-17(21)22-5-2)11-14-6-8-16(20)9-7-14/h1,6-9,15,18,20H,5,10-13H2,2-3H3/t15-/m0/s1. The van der Waals surface area contributed by atoms with E-state index in [0.29, 0.717) is 19.7 Å². The van der Waals surface area contributed by atoms with Gasteiger partial charge in [0.25, 0.3) is 0 Å². The molecule has 0 saturated carbocycles. The normalized spacial score (nSPS) is 11.9. The van der Waals surface area contributed by atoms with Gasteiger partial charge in [-0.05, 0) is 38.1 Å². The molecule has 0 aliphatic heterocycles. The number of benzene rings is 1. The largest absolute Gasteiger partial charge is 0.508 e. The fourth-order valence-corrected chi connectivity index (χ4v) is 2.11. The number of likely N-dealkylation sites (N-methyl/N-ethyl adjacent to an activating group) is 1. The molecule has 1 atom stereocenters. The third-order valence-corrected chi connectivity index (χ3v) is 3.33. The molecule has 5 heteroatoms. The number of nitrogens with one attached hydrogen (secondary N) is 1. The number of ether oxygens (including phenoxy) is 1. The second-order valence-electron chi connectivity index (χ2n) is 5.08. The molecule has 0 bridgehead atoms. The summed E-state index contributed by atoms with van der Waals surface area (Å²) in [6.07, 6.45) is 6.15. The zero-order valence-corrected chi connectivity index (χ0v) is 13.2. The Morgan fingerprint density at radius 2 is 2.14 bits per heavy atom. The van der Waals surface area contributed by atoms with E-state index < -0.39 is 0 Å². The molecule has 1 aromatic rings. The molecule has 0 amide bonds. The number of terminal acetylenes is 1. The Labute approximate surface area is 132 Å². The first kappa shape index (κ1) is 18.0. The maximum Gasteiger partial charge on any atom is 0.319 e. The Balaban J connectivity index is 2.58. The molecule has 1 rings (SSSR count). The summed E-state index contributed by atoms with van der Waals surface area (Å²) >= 11 is 0. The van der Waals surface area contributed by atoms with E-state index in [1.807, 2.05) is 19.2 Å². The lowest BCUT2D eigenvalue weighted by molar-refractivity contribution is -0.142. The van der Waals surface area contributed by atoms with Gasteiger partial charge in [-0.25, -0.2) is 0 Å². The van der Waals surface area contributed by atoms with Crippen LogP contribution in [0.4, 0.5) is 0 Å². The molecule has 0 spiro atoms. The molecule has 2 N–H and O–H groups in total. The number of hydrogen-bond donors (Lipinski definition) is 2. The minimum absolute atomic E-state index is 0.148. The third kappa shape index (κ3) is 6.61. The number of phenolic OH excluding ortho intramolecular Hbond substituents is 1. The van der Waals surface area contributed by atoms with Crippen molar-refractivity contribution < 1.29 is 14.6 Å². The molecule has 22 heavy (non-hydrogen) atoms. The first-order valence-electron chi connectivity index (χ1n) is 7.34. The number of esters is 1. The van der Waals surface area contributed by atoms with Gasteiger partial charge in [0, 0.05) is 12.6 Å². The minimum atomic E-state index is -0.259. The lowest BCUT2D eigenvalue weighted by Gasteiger charge is -2.27. The molecule has 0 heterocycles. The number of phenols is 1. The zero-order valence-electron chi connectivity index (χ0n) is 13.2. The summed E-state index contributed by atoms with van der Waals surface area (Å²) in [7, 11) is 1.96. The molecule has 0 aromatic heterocycles. The van der Waals surface area contributed by atoms with E-state index in [0.717, 1.165) is 12.0 Å². The van der Waals surface area contributed by atoms with E-state index in [1.54, 1.807) is 19.1 Å². The highest BCUT2D eigenvalue weighted by Gasteiger charge is 2.15. The van der Waals surface area contributed by atoms with Crippen LogP contribution in [-0.2, 0) is 16.0 Å². The van der Waals surface area contributed by atoms with Crippen molar-refractivity contribution in [2.75, 3.05) is 33.3 Å². The van der Waals surface area contributed by atoms with Crippen LogP contribution in [0.25, 0.3) is 0 Å². The second-order valence-corrected chi connectivity index (χ2v) is 5.08. The smallest absolute Gasteiger partial charge is 0.319 e. The molecule has 1 aromatic carbocycles. The number of carbonyl (C=O) groups excluding carboxylic acids is 1. The number of rotatable bonds is 9. The van der Waals surface area contributed by atoms with E-state index in [-0.39, 0.29) is 24.3 Å². The van der Waals surface area contributed by atoms with Crippen molar-refractivity contribution >= 4 is 5.97 Å². The van der Waals surface area contributed by atoms with E-state index in [9.17, 15) is 9.90 Å². The van der Waals surface area contributed by atoms with Crippen molar-refractivity contribution in [3.63, 3.8) is 0 Å². The quantitative estimate of drug-likeness (QED) is 0.527. The Morgan fingerprint density at radius 3 is 2.73 bits per heavy atom. The van der Waals surface area contributed by atoms with Gasteiger partial charge in [-0.3, -0.25) is 9.69 Å². The van der Waals surface area contributed by atoms with Crippen LogP contribution in [0, 0.1) is 12.3 Å². The summed E-state index contributed by atoms with van der Waals surface area (Å²) in [4.78, 5) is 13.4. The van der Waals surface area contributed by atoms with Crippen LogP contribution in [-0.4, -0.2) is 55.3 Å². The molecule has 0 saturated heterocycles. The summed E-state index contributed by atoms with van der Waals surface area (Å²) in [5, 5.41) is 12.4. The topological polar surface area (TPSA) is 61.8 Å². The molecule has 5 nitrogen and oxygen atoms in total. The van der Waals surface area contributed by atoms with Crippen molar-refractivity contribution in [3.05, 3.63) is 29.8 Å². The summed E-state index contributed by atoms with van der Waals surface area (Å²) in [6, 6.07) is 7.25. The molecule has 0 aliphatic rings. The third-order valence-electron chi connectivity index (χ3n) is 3.33. The maximum absolute atomic E-state index is 11.4.